The molecule has 7 nitrogen and oxygen atoms in total. The van der Waals surface area contributed by atoms with E-state index >= 15 is 0 Å². The maximum absolute atomic E-state index is 13.0. The van der Waals surface area contributed by atoms with Gasteiger partial charge in [-0.05, 0) is 0 Å². The molecule has 1 saturated heterocycles. The fraction of sp³-hybridized carbons (Fsp3) is 0.263. The molecule has 1 unspecified atom stereocenters. The van der Waals surface area contributed by atoms with Crippen LogP contribution in [0.25, 0.3) is 0 Å². The van der Waals surface area contributed by atoms with E-state index in [1.54, 1.807) is 36.4 Å². The van der Waals surface area contributed by atoms with Gasteiger partial charge in [0.15, 0.2) is 6.29 Å². The van der Waals surface area contributed by atoms with Crippen molar-refractivity contribution in [3.8, 4) is 0 Å². The van der Waals surface area contributed by atoms with E-state index in [2.05, 4.69) is 0 Å². The van der Waals surface area contributed by atoms with Crippen LogP contribution in [0, 0.1) is 0 Å². The van der Waals surface area contributed by atoms with Crippen molar-refractivity contribution >= 4 is 11.6 Å². The van der Waals surface area contributed by atoms with Crippen LogP contribution in [-0.4, -0.2) is 62.2 Å². The summed E-state index contributed by atoms with van der Waals surface area (Å²) in [5.41, 5.74) is -2.79. The summed E-state index contributed by atoms with van der Waals surface area (Å²) >= 11 is 0. The Bertz CT molecular complexity index is 739. The van der Waals surface area contributed by atoms with Gasteiger partial charge in [0, 0.05) is 11.1 Å². The number of ether oxygens (including phenoxy) is 1. The Balaban J connectivity index is 2.10. The van der Waals surface area contributed by atoms with Gasteiger partial charge in [0.05, 0.1) is 0 Å². The molecule has 7 heteroatoms. The zero-order chi connectivity index (χ0) is 18.9. The number of ketones is 2. The predicted octanol–water partition coefficient (Wildman–Crippen LogP) is -0.0777. The van der Waals surface area contributed by atoms with Gasteiger partial charge in [-0.25, -0.2) is 0 Å². The first-order chi connectivity index (χ1) is 12.4. The molecule has 0 spiro atoms. The highest BCUT2D eigenvalue weighted by molar-refractivity contribution is 6.23. The maximum atomic E-state index is 13.0. The molecule has 1 heterocycles. The largest absolute Gasteiger partial charge is 0.387 e. The van der Waals surface area contributed by atoms with Gasteiger partial charge in [0.1, 0.15) is 18.3 Å². The SMILES string of the molecule is O=C(c1ccccc1)C(O)(C(=O)c1ccccc1)[C@@H]1OC(O)[C@@H](O)[C@H]1O. The van der Waals surface area contributed by atoms with Crippen molar-refractivity contribution in [2.45, 2.75) is 30.2 Å². The highest BCUT2D eigenvalue weighted by atomic mass is 16.7. The standard InChI is InChI=1S/C19H18O7/c20-13-14(21)18(24)26-17(13)19(25,15(22)11-7-3-1-4-8-11)16(23)12-9-5-2-6-10-12/h1-10,13-14,17-18,20-21,24-25H/t13-,14+,17-,18?/m1/s1. The van der Waals surface area contributed by atoms with E-state index in [1.165, 1.54) is 24.3 Å². The molecular weight excluding hydrogens is 340 g/mol. The van der Waals surface area contributed by atoms with E-state index in [9.17, 15) is 30.0 Å². The summed E-state index contributed by atoms with van der Waals surface area (Å²) in [6.07, 6.45) is -7.28. The van der Waals surface area contributed by atoms with Gasteiger partial charge in [-0.3, -0.25) is 9.59 Å². The third-order valence-electron chi connectivity index (χ3n) is 4.41. The fourth-order valence-electron chi connectivity index (χ4n) is 2.99. The Morgan fingerprint density at radius 3 is 1.54 bits per heavy atom. The number of benzene rings is 2. The van der Waals surface area contributed by atoms with Crippen LogP contribution >= 0.6 is 0 Å². The minimum Gasteiger partial charge on any atom is -0.387 e. The average Bonchev–Trinajstić information content (AvgIpc) is 2.95. The van der Waals surface area contributed by atoms with E-state index in [4.69, 9.17) is 4.74 Å². The van der Waals surface area contributed by atoms with Gasteiger partial charge in [-0.15, -0.1) is 0 Å². The second kappa shape index (κ2) is 7.06. The summed E-state index contributed by atoms with van der Waals surface area (Å²) in [6, 6.07) is 15.1. The molecule has 2 aromatic rings. The summed E-state index contributed by atoms with van der Waals surface area (Å²) in [5.74, 6) is -2.00. The summed E-state index contributed by atoms with van der Waals surface area (Å²) in [4.78, 5) is 26.0. The fourth-order valence-corrected chi connectivity index (χ4v) is 2.99. The van der Waals surface area contributed by atoms with Crippen LogP contribution in [0.5, 0.6) is 0 Å². The van der Waals surface area contributed by atoms with Crippen LogP contribution in [-0.2, 0) is 4.74 Å². The number of aliphatic hydroxyl groups excluding tert-OH is 3. The quantitative estimate of drug-likeness (QED) is 0.435. The van der Waals surface area contributed by atoms with Gasteiger partial charge in [-0.2, -0.15) is 0 Å². The Kier molecular flexibility index (Phi) is 4.99. The summed E-state index contributed by atoms with van der Waals surface area (Å²) < 4.78 is 5.00. The molecule has 1 fully saturated rings. The lowest BCUT2D eigenvalue weighted by atomic mass is 9.79. The van der Waals surface area contributed by atoms with Gasteiger partial charge in [0.2, 0.25) is 17.2 Å². The highest BCUT2D eigenvalue weighted by Crippen LogP contribution is 2.33. The summed E-state index contributed by atoms with van der Waals surface area (Å²) in [7, 11) is 0. The molecule has 0 radical (unpaired) electrons. The van der Waals surface area contributed by atoms with Crippen molar-refractivity contribution in [2.24, 2.45) is 0 Å². The number of carbonyl (C=O) groups excluding carboxylic acids is 2. The third kappa shape index (κ3) is 2.96. The lowest BCUT2D eigenvalue weighted by Crippen LogP contribution is -2.60. The van der Waals surface area contributed by atoms with Crippen LogP contribution in [0.1, 0.15) is 20.7 Å². The zero-order valence-corrected chi connectivity index (χ0v) is 13.6. The van der Waals surface area contributed by atoms with Crippen LogP contribution in [0.4, 0.5) is 0 Å². The normalized spacial score (nSPS) is 25.8. The van der Waals surface area contributed by atoms with E-state index in [-0.39, 0.29) is 11.1 Å². The van der Waals surface area contributed by atoms with Crippen LogP contribution in [0.15, 0.2) is 60.7 Å². The van der Waals surface area contributed by atoms with E-state index in [0.717, 1.165) is 0 Å². The number of rotatable bonds is 5. The smallest absolute Gasteiger partial charge is 0.219 e. The Morgan fingerprint density at radius 2 is 1.19 bits per heavy atom. The first-order valence-corrected chi connectivity index (χ1v) is 7.99. The molecule has 1 aliphatic heterocycles. The minimum absolute atomic E-state index is 0.0194. The van der Waals surface area contributed by atoms with Gasteiger partial charge < -0.3 is 25.2 Å². The Labute approximate surface area is 149 Å². The zero-order valence-electron chi connectivity index (χ0n) is 13.6. The molecule has 4 N–H and O–H groups in total. The molecule has 0 bridgehead atoms. The average molecular weight is 358 g/mol. The first-order valence-electron chi connectivity index (χ1n) is 7.99. The van der Waals surface area contributed by atoms with Crippen LogP contribution < -0.4 is 0 Å². The Morgan fingerprint density at radius 1 is 0.769 bits per heavy atom. The van der Waals surface area contributed by atoms with Gasteiger partial charge in [0.25, 0.3) is 0 Å². The molecule has 26 heavy (non-hydrogen) atoms. The Hall–Kier alpha value is -2.42. The van der Waals surface area contributed by atoms with Crippen molar-refractivity contribution in [3.05, 3.63) is 71.8 Å². The topological polar surface area (TPSA) is 124 Å². The highest BCUT2D eigenvalue weighted by Gasteiger charge is 2.60. The van der Waals surface area contributed by atoms with Gasteiger partial charge in [-0.1, -0.05) is 60.7 Å². The van der Waals surface area contributed by atoms with E-state index in [1.807, 2.05) is 0 Å². The maximum Gasteiger partial charge on any atom is 0.219 e. The molecule has 0 saturated carbocycles. The number of Topliss-reactive ketones (excluding diaryl/α,β-unsaturated/α-hetero) is 2. The van der Waals surface area contributed by atoms with E-state index < -0.39 is 41.8 Å². The van der Waals surface area contributed by atoms with Gasteiger partial charge >= 0.3 is 0 Å². The number of hydrogen-bond acceptors (Lipinski definition) is 7. The number of hydrogen-bond donors (Lipinski definition) is 4. The first kappa shape index (κ1) is 18.4. The van der Waals surface area contributed by atoms with Crippen molar-refractivity contribution in [3.63, 3.8) is 0 Å². The van der Waals surface area contributed by atoms with Crippen molar-refractivity contribution in [2.75, 3.05) is 0 Å². The third-order valence-corrected chi connectivity index (χ3v) is 4.41. The lowest BCUT2D eigenvalue weighted by Gasteiger charge is -2.32. The summed E-state index contributed by atoms with van der Waals surface area (Å²) in [6.45, 7) is 0. The second-order valence-corrected chi connectivity index (χ2v) is 6.09. The van der Waals surface area contributed by atoms with Crippen molar-refractivity contribution in [1.82, 2.24) is 0 Å². The molecule has 136 valence electrons. The molecule has 3 rings (SSSR count). The summed E-state index contributed by atoms with van der Waals surface area (Å²) in [5, 5.41) is 40.7. The lowest BCUT2D eigenvalue weighted by molar-refractivity contribution is -0.152. The molecular formula is C19H18O7. The molecule has 0 aliphatic carbocycles. The predicted molar refractivity (Wildman–Crippen MR) is 89.4 cm³/mol. The second-order valence-electron chi connectivity index (χ2n) is 6.09. The van der Waals surface area contributed by atoms with Crippen LogP contribution in [0.2, 0.25) is 0 Å². The number of carbonyl (C=O) groups is 2. The van der Waals surface area contributed by atoms with Crippen molar-refractivity contribution in [1.29, 1.82) is 0 Å². The minimum atomic E-state index is -2.83. The molecule has 1 aliphatic rings. The molecule has 4 atom stereocenters. The molecule has 2 aromatic carbocycles. The van der Waals surface area contributed by atoms with Crippen molar-refractivity contribution < 1.29 is 34.8 Å². The monoisotopic (exact) mass is 358 g/mol. The molecule has 0 amide bonds. The van der Waals surface area contributed by atoms with Crippen LogP contribution in [0.3, 0.4) is 0 Å². The molecule has 0 aromatic heterocycles. The number of aliphatic hydroxyl groups is 4. The van der Waals surface area contributed by atoms with E-state index in [0.29, 0.717) is 0 Å².